The first-order valence-electron chi connectivity index (χ1n) is 8.59. The molecule has 0 unspecified atom stereocenters. The number of amides is 1. The van der Waals surface area contributed by atoms with Crippen LogP contribution in [0.2, 0.25) is 0 Å². The minimum atomic E-state index is -0.754. The molecule has 1 spiro atoms. The standard InChI is InChI=1S/C21H20N2OS/c1-12-9-14-13(2)11-20(3,4)23-18(14)15(10-12)21(19(23)24)22-16-7-5-6-8-17(16)25-21/h5-11,22H,1-4H3/t21-/m1/s1. The summed E-state index contributed by atoms with van der Waals surface area (Å²) >= 11 is 1.64. The molecule has 3 aliphatic rings. The second-order valence-corrected chi connectivity index (χ2v) is 8.99. The normalized spacial score (nSPS) is 24.9. The lowest BCUT2D eigenvalue weighted by Crippen LogP contribution is -2.51. The third-order valence-corrected chi connectivity index (χ3v) is 6.77. The van der Waals surface area contributed by atoms with Crippen molar-refractivity contribution in [3.05, 3.63) is 59.2 Å². The Hall–Kier alpha value is -2.20. The SMILES string of the molecule is CC1=CC(C)(C)N2C(=O)[C@@]3(Nc4ccccc4S3)c3cc(C)cc1c32. The van der Waals surface area contributed by atoms with Crippen LogP contribution in [0.1, 0.15) is 37.5 Å². The van der Waals surface area contributed by atoms with Gasteiger partial charge in [0.05, 0.1) is 11.2 Å². The van der Waals surface area contributed by atoms with Gasteiger partial charge in [0, 0.05) is 21.7 Å². The van der Waals surface area contributed by atoms with Crippen molar-refractivity contribution in [3.8, 4) is 0 Å². The predicted octanol–water partition coefficient (Wildman–Crippen LogP) is 4.91. The fourth-order valence-electron chi connectivity index (χ4n) is 4.44. The number of nitrogens with one attached hydrogen (secondary N) is 1. The number of nitrogens with zero attached hydrogens (tertiary/aromatic N) is 1. The highest BCUT2D eigenvalue weighted by molar-refractivity contribution is 8.01. The zero-order chi connectivity index (χ0) is 17.6. The van der Waals surface area contributed by atoms with Crippen molar-refractivity contribution in [2.45, 2.75) is 43.0 Å². The number of anilines is 2. The van der Waals surface area contributed by atoms with Crippen LogP contribution >= 0.6 is 11.8 Å². The first-order valence-corrected chi connectivity index (χ1v) is 9.41. The molecule has 0 aromatic heterocycles. The molecule has 25 heavy (non-hydrogen) atoms. The lowest BCUT2D eigenvalue weighted by molar-refractivity contribution is -0.120. The lowest BCUT2D eigenvalue weighted by atomic mass is 9.88. The molecule has 1 N–H and O–H groups in total. The van der Waals surface area contributed by atoms with Crippen molar-refractivity contribution in [1.29, 1.82) is 0 Å². The predicted molar refractivity (Wildman–Crippen MR) is 104 cm³/mol. The third kappa shape index (κ3) is 1.75. The Kier molecular flexibility index (Phi) is 2.71. The van der Waals surface area contributed by atoms with Crippen LogP contribution in [0.5, 0.6) is 0 Å². The van der Waals surface area contributed by atoms with Gasteiger partial charge in [0.2, 0.25) is 0 Å². The van der Waals surface area contributed by atoms with Crippen molar-refractivity contribution in [2.75, 3.05) is 10.2 Å². The minimum Gasteiger partial charge on any atom is -0.358 e. The Bertz CT molecular complexity index is 964. The molecule has 3 heterocycles. The molecule has 0 fully saturated rings. The smallest absolute Gasteiger partial charge is 0.269 e. The Morgan fingerprint density at radius 1 is 1.12 bits per heavy atom. The molecule has 3 nitrogen and oxygen atoms in total. The zero-order valence-corrected chi connectivity index (χ0v) is 15.6. The van der Waals surface area contributed by atoms with Crippen LogP contribution < -0.4 is 10.2 Å². The number of carbonyl (C=O) groups excluding carboxylic acids is 1. The topological polar surface area (TPSA) is 32.3 Å². The van der Waals surface area contributed by atoms with Crippen LogP contribution in [-0.2, 0) is 9.67 Å². The average Bonchev–Trinajstić information content (AvgIpc) is 3.04. The Balaban J connectivity index is 1.81. The van der Waals surface area contributed by atoms with E-state index in [2.05, 4.69) is 63.4 Å². The maximum atomic E-state index is 13.7. The monoisotopic (exact) mass is 348 g/mol. The summed E-state index contributed by atoms with van der Waals surface area (Å²) in [5.74, 6) is 0.129. The molecule has 3 aliphatic heterocycles. The highest BCUT2D eigenvalue weighted by Crippen LogP contribution is 2.61. The first kappa shape index (κ1) is 15.1. The van der Waals surface area contributed by atoms with E-state index >= 15 is 0 Å². The van der Waals surface area contributed by atoms with E-state index in [-0.39, 0.29) is 11.4 Å². The van der Waals surface area contributed by atoms with E-state index in [0.29, 0.717) is 0 Å². The quantitative estimate of drug-likeness (QED) is 0.734. The second-order valence-electron chi connectivity index (χ2n) is 7.73. The van der Waals surface area contributed by atoms with Crippen molar-refractivity contribution < 1.29 is 4.79 Å². The van der Waals surface area contributed by atoms with E-state index in [9.17, 15) is 4.79 Å². The van der Waals surface area contributed by atoms with Gasteiger partial charge in [-0.25, -0.2) is 0 Å². The van der Waals surface area contributed by atoms with E-state index in [0.717, 1.165) is 21.8 Å². The molecular weight excluding hydrogens is 328 g/mol. The Labute approximate surface area is 152 Å². The molecular formula is C21H20N2OS. The van der Waals surface area contributed by atoms with E-state index < -0.39 is 4.87 Å². The fraction of sp³-hybridized carbons (Fsp3) is 0.286. The number of thioether (sulfide) groups is 1. The summed E-state index contributed by atoms with van der Waals surface area (Å²) < 4.78 is 0. The van der Waals surface area contributed by atoms with Gasteiger partial charge < -0.3 is 5.32 Å². The molecule has 0 saturated heterocycles. The molecule has 2 aromatic rings. The number of aryl methyl sites for hydroxylation is 1. The molecule has 0 radical (unpaired) electrons. The van der Waals surface area contributed by atoms with E-state index in [1.807, 2.05) is 17.0 Å². The van der Waals surface area contributed by atoms with Crippen LogP contribution in [0.25, 0.3) is 5.57 Å². The molecule has 4 heteroatoms. The maximum absolute atomic E-state index is 13.7. The molecule has 1 atom stereocenters. The van der Waals surface area contributed by atoms with Crippen molar-refractivity contribution in [3.63, 3.8) is 0 Å². The summed E-state index contributed by atoms with van der Waals surface area (Å²) in [7, 11) is 0. The van der Waals surface area contributed by atoms with Crippen molar-refractivity contribution in [1.82, 2.24) is 0 Å². The van der Waals surface area contributed by atoms with Crippen LogP contribution in [-0.4, -0.2) is 11.4 Å². The van der Waals surface area contributed by atoms with Gasteiger partial charge in [-0.1, -0.05) is 36.0 Å². The highest BCUT2D eigenvalue weighted by atomic mass is 32.2. The van der Waals surface area contributed by atoms with Crippen molar-refractivity contribution >= 4 is 34.6 Å². The summed E-state index contributed by atoms with van der Waals surface area (Å²) in [5, 5.41) is 3.56. The number of hydrogen-bond donors (Lipinski definition) is 1. The summed E-state index contributed by atoms with van der Waals surface area (Å²) in [5.41, 5.74) is 6.48. The van der Waals surface area contributed by atoms with Gasteiger partial charge in [-0.3, -0.25) is 9.69 Å². The van der Waals surface area contributed by atoms with Gasteiger partial charge in [-0.05, 0) is 57.0 Å². The molecule has 0 aliphatic carbocycles. The van der Waals surface area contributed by atoms with Crippen LogP contribution in [0.4, 0.5) is 11.4 Å². The van der Waals surface area contributed by atoms with E-state index in [1.165, 1.54) is 16.7 Å². The zero-order valence-electron chi connectivity index (χ0n) is 14.8. The third-order valence-electron chi connectivity index (χ3n) is 5.39. The average molecular weight is 348 g/mol. The number of hydrogen-bond acceptors (Lipinski definition) is 3. The van der Waals surface area contributed by atoms with E-state index in [4.69, 9.17) is 0 Å². The van der Waals surface area contributed by atoms with Gasteiger partial charge in [0.1, 0.15) is 0 Å². The summed E-state index contributed by atoms with van der Waals surface area (Å²) in [6.07, 6.45) is 2.21. The first-order chi connectivity index (χ1) is 11.8. The maximum Gasteiger partial charge on any atom is 0.269 e. The Morgan fingerprint density at radius 3 is 2.64 bits per heavy atom. The number of carbonyl (C=O) groups is 1. The van der Waals surface area contributed by atoms with Gasteiger partial charge in [-0.15, -0.1) is 0 Å². The minimum absolute atomic E-state index is 0.129. The fourth-order valence-corrected chi connectivity index (χ4v) is 5.75. The lowest BCUT2D eigenvalue weighted by Gasteiger charge is -2.39. The summed E-state index contributed by atoms with van der Waals surface area (Å²) in [4.78, 5) is 16.1. The molecule has 126 valence electrons. The molecule has 0 saturated carbocycles. The Morgan fingerprint density at radius 2 is 1.88 bits per heavy atom. The molecule has 1 amide bonds. The van der Waals surface area contributed by atoms with Gasteiger partial charge in [-0.2, -0.15) is 0 Å². The largest absolute Gasteiger partial charge is 0.358 e. The summed E-state index contributed by atoms with van der Waals surface area (Å²) in [6, 6.07) is 12.6. The molecule has 5 rings (SSSR count). The number of rotatable bonds is 0. The van der Waals surface area contributed by atoms with Crippen molar-refractivity contribution in [2.24, 2.45) is 0 Å². The van der Waals surface area contributed by atoms with Gasteiger partial charge in [0.25, 0.3) is 5.91 Å². The van der Waals surface area contributed by atoms with Crippen LogP contribution in [0.15, 0.2) is 47.4 Å². The van der Waals surface area contributed by atoms with Gasteiger partial charge >= 0.3 is 0 Å². The van der Waals surface area contributed by atoms with E-state index in [1.54, 1.807) is 11.8 Å². The number of fused-ring (bicyclic) bond motifs is 2. The number of allylic oxidation sites excluding steroid dienone is 1. The molecule has 2 aromatic carbocycles. The number of para-hydroxylation sites is 1. The van der Waals surface area contributed by atoms with Crippen LogP contribution in [0, 0.1) is 6.92 Å². The summed E-state index contributed by atoms with van der Waals surface area (Å²) in [6.45, 7) is 8.49. The molecule has 0 bridgehead atoms. The number of benzene rings is 2. The van der Waals surface area contributed by atoms with Gasteiger partial charge in [0.15, 0.2) is 4.87 Å². The highest BCUT2D eigenvalue weighted by Gasteiger charge is 2.59. The second kappa shape index (κ2) is 4.50. The van der Waals surface area contributed by atoms with Crippen LogP contribution in [0.3, 0.4) is 0 Å².